The molecule has 2 saturated heterocycles. The van der Waals surface area contributed by atoms with Crippen molar-refractivity contribution in [3.8, 4) is 0 Å². The lowest BCUT2D eigenvalue weighted by atomic mass is 10.1. The number of piperazine rings is 1. The molecule has 0 spiro atoms. The van der Waals surface area contributed by atoms with Gasteiger partial charge in [0.05, 0.1) is 5.56 Å². The molecule has 1 unspecified atom stereocenters. The van der Waals surface area contributed by atoms with Crippen molar-refractivity contribution in [3.63, 3.8) is 0 Å². The Morgan fingerprint density at radius 2 is 2.05 bits per heavy atom. The number of hydrogen-bond acceptors (Lipinski definition) is 4. The van der Waals surface area contributed by atoms with Crippen LogP contribution in [0.5, 0.6) is 0 Å². The van der Waals surface area contributed by atoms with E-state index < -0.39 is 0 Å². The van der Waals surface area contributed by atoms with Crippen molar-refractivity contribution in [3.05, 3.63) is 21.9 Å². The minimum absolute atomic E-state index is 0. The summed E-state index contributed by atoms with van der Waals surface area (Å²) in [6.07, 6.45) is 1.25. The largest absolute Gasteiger partial charge is 0.336 e. The Kier molecular flexibility index (Phi) is 5.43. The highest BCUT2D eigenvalue weighted by Gasteiger charge is 2.28. The normalized spacial score (nSPS) is 23.6. The molecule has 6 heteroatoms. The summed E-state index contributed by atoms with van der Waals surface area (Å²) >= 11 is 1.61. The average molecular weight is 316 g/mol. The highest BCUT2D eigenvalue weighted by molar-refractivity contribution is 7.08. The smallest absolute Gasteiger partial charge is 0.255 e. The molecule has 0 aliphatic carbocycles. The summed E-state index contributed by atoms with van der Waals surface area (Å²) in [6.45, 7) is 8.03. The molecule has 3 heterocycles. The first kappa shape index (κ1) is 15.8. The van der Waals surface area contributed by atoms with Crippen LogP contribution < -0.4 is 5.32 Å². The third-order valence-corrected chi connectivity index (χ3v) is 5.10. The molecule has 0 saturated carbocycles. The van der Waals surface area contributed by atoms with E-state index in [0.717, 1.165) is 50.4 Å². The van der Waals surface area contributed by atoms with Crippen LogP contribution in [0.15, 0.2) is 10.8 Å². The van der Waals surface area contributed by atoms with Crippen LogP contribution >= 0.6 is 23.7 Å². The Bertz CT molecular complexity index is 451. The van der Waals surface area contributed by atoms with Crippen LogP contribution in [0.2, 0.25) is 0 Å². The van der Waals surface area contributed by atoms with E-state index >= 15 is 0 Å². The molecule has 0 radical (unpaired) electrons. The van der Waals surface area contributed by atoms with Gasteiger partial charge in [-0.15, -0.1) is 12.4 Å². The zero-order chi connectivity index (χ0) is 13.2. The van der Waals surface area contributed by atoms with Gasteiger partial charge < -0.3 is 10.2 Å². The van der Waals surface area contributed by atoms with Crippen LogP contribution in [0, 0.1) is 6.92 Å². The molecule has 2 aliphatic heterocycles. The first-order valence-electron chi connectivity index (χ1n) is 7.02. The molecule has 1 amide bonds. The highest BCUT2D eigenvalue weighted by Crippen LogP contribution is 2.18. The van der Waals surface area contributed by atoms with Gasteiger partial charge in [-0.2, -0.15) is 11.3 Å². The lowest BCUT2D eigenvalue weighted by molar-refractivity contribution is 0.0583. The summed E-state index contributed by atoms with van der Waals surface area (Å²) in [5.74, 6) is 0.211. The molecule has 112 valence electrons. The highest BCUT2D eigenvalue weighted by atomic mass is 35.5. The number of amides is 1. The summed E-state index contributed by atoms with van der Waals surface area (Å²) in [5.41, 5.74) is 2.00. The molecular weight excluding hydrogens is 294 g/mol. The van der Waals surface area contributed by atoms with Gasteiger partial charge >= 0.3 is 0 Å². The molecule has 0 bridgehead atoms. The van der Waals surface area contributed by atoms with Crippen molar-refractivity contribution in [2.75, 3.05) is 39.3 Å². The molecule has 2 aliphatic rings. The summed E-state index contributed by atoms with van der Waals surface area (Å²) in [4.78, 5) is 17.0. The Labute approximate surface area is 130 Å². The fraction of sp³-hybridized carbons (Fsp3) is 0.643. The number of aryl methyl sites for hydroxylation is 1. The molecule has 4 nitrogen and oxygen atoms in total. The SMILES string of the molecule is Cc1cscc1C(=O)N1CCN(C2CCNC2)CC1.Cl. The lowest BCUT2D eigenvalue weighted by Gasteiger charge is -2.37. The van der Waals surface area contributed by atoms with Gasteiger partial charge in [-0.3, -0.25) is 9.69 Å². The lowest BCUT2D eigenvalue weighted by Crippen LogP contribution is -2.52. The number of nitrogens with zero attached hydrogens (tertiary/aromatic N) is 2. The minimum atomic E-state index is 0. The molecule has 1 aromatic rings. The van der Waals surface area contributed by atoms with Crippen LogP contribution in [0.25, 0.3) is 0 Å². The first-order chi connectivity index (χ1) is 9.25. The van der Waals surface area contributed by atoms with E-state index in [-0.39, 0.29) is 18.3 Å². The van der Waals surface area contributed by atoms with E-state index in [1.54, 1.807) is 11.3 Å². The van der Waals surface area contributed by atoms with Gasteiger partial charge in [-0.25, -0.2) is 0 Å². The predicted molar refractivity (Wildman–Crippen MR) is 85.1 cm³/mol. The summed E-state index contributed by atoms with van der Waals surface area (Å²) in [6, 6.07) is 0.681. The third kappa shape index (κ3) is 3.17. The second kappa shape index (κ2) is 6.89. The molecule has 1 N–H and O–H groups in total. The molecule has 3 rings (SSSR count). The number of rotatable bonds is 2. The van der Waals surface area contributed by atoms with E-state index in [2.05, 4.69) is 10.2 Å². The van der Waals surface area contributed by atoms with E-state index in [1.807, 2.05) is 22.6 Å². The van der Waals surface area contributed by atoms with Crippen molar-refractivity contribution in [1.29, 1.82) is 0 Å². The Morgan fingerprint density at radius 3 is 2.60 bits per heavy atom. The minimum Gasteiger partial charge on any atom is -0.336 e. The van der Waals surface area contributed by atoms with Gasteiger partial charge in [0.15, 0.2) is 0 Å². The maximum atomic E-state index is 12.4. The van der Waals surface area contributed by atoms with Crippen molar-refractivity contribution in [1.82, 2.24) is 15.1 Å². The molecule has 20 heavy (non-hydrogen) atoms. The van der Waals surface area contributed by atoms with Crippen LogP contribution in [-0.2, 0) is 0 Å². The summed E-state index contributed by atoms with van der Waals surface area (Å²) in [5, 5.41) is 7.44. The van der Waals surface area contributed by atoms with E-state index in [0.29, 0.717) is 6.04 Å². The molecule has 0 aromatic carbocycles. The number of halogens is 1. The van der Waals surface area contributed by atoms with Gasteiger partial charge in [0, 0.05) is 44.1 Å². The number of carbonyl (C=O) groups is 1. The topological polar surface area (TPSA) is 35.6 Å². The number of carbonyl (C=O) groups excluding carboxylic acids is 1. The monoisotopic (exact) mass is 315 g/mol. The second-order valence-corrected chi connectivity index (χ2v) is 6.19. The van der Waals surface area contributed by atoms with Crippen LogP contribution in [-0.4, -0.2) is 61.0 Å². The molecule has 2 fully saturated rings. The van der Waals surface area contributed by atoms with Gasteiger partial charge in [-0.1, -0.05) is 0 Å². The van der Waals surface area contributed by atoms with Crippen molar-refractivity contribution in [2.24, 2.45) is 0 Å². The Morgan fingerprint density at radius 1 is 1.30 bits per heavy atom. The molecular formula is C14H22ClN3OS. The zero-order valence-corrected chi connectivity index (χ0v) is 13.4. The maximum Gasteiger partial charge on any atom is 0.255 e. The molecule has 1 aromatic heterocycles. The predicted octanol–water partition coefficient (Wildman–Crippen LogP) is 1.60. The van der Waals surface area contributed by atoms with Gasteiger partial charge in [0.25, 0.3) is 5.91 Å². The van der Waals surface area contributed by atoms with Crippen LogP contribution in [0.1, 0.15) is 22.3 Å². The fourth-order valence-electron chi connectivity index (χ4n) is 2.99. The quantitative estimate of drug-likeness (QED) is 0.900. The van der Waals surface area contributed by atoms with Crippen LogP contribution in [0.3, 0.4) is 0 Å². The average Bonchev–Trinajstić information content (AvgIpc) is 3.09. The van der Waals surface area contributed by atoms with Crippen molar-refractivity contribution in [2.45, 2.75) is 19.4 Å². The first-order valence-corrected chi connectivity index (χ1v) is 7.97. The van der Waals surface area contributed by atoms with Crippen LogP contribution in [0.4, 0.5) is 0 Å². The van der Waals surface area contributed by atoms with Crippen molar-refractivity contribution >= 4 is 29.7 Å². The van der Waals surface area contributed by atoms with Crippen molar-refractivity contribution < 1.29 is 4.79 Å². The third-order valence-electron chi connectivity index (χ3n) is 4.24. The standard InChI is InChI=1S/C14H21N3OS.ClH/c1-11-9-19-10-13(11)14(18)17-6-4-16(5-7-17)12-2-3-15-8-12;/h9-10,12,15H,2-8H2,1H3;1H. The number of nitrogens with one attached hydrogen (secondary N) is 1. The summed E-state index contributed by atoms with van der Waals surface area (Å²) in [7, 11) is 0. The van der Waals surface area contributed by atoms with E-state index in [9.17, 15) is 4.79 Å². The van der Waals surface area contributed by atoms with E-state index in [4.69, 9.17) is 0 Å². The van der Waals surface area contributed by atoms with E-state index in [1.165, 1.54) is 6.42 Å². The number of thiophene rings is 1. The van der Waals surface area contributed by atoms with Gasteiger partial charge in [0.1, 0.15) is 0 Å². The summed E-state index contributed by atoms with van der Waals surface area (Å²) < 4.78 is 0. The zero-order valence-electron chi connectivity index (χ0n) is 11.8. The maximum absolute atomic E-state index is 12.4. The Balaban J connectivity index is 0.00000147. The number of hydrogen-bond donors (Lipinski definition) is 1. The van der Waals surface area contributed by atoms with Gasteiger partial charge in [-0.05, 0) is 30.8 Å². The van der Waals surface area contributed by atoms with Gasteiger partial charge in [0.2, 0.25) is 0 Å². The second-order valence-electron chi connectivity index (χ2n) is 5.44. The fourth-order valence-corrected chi connectivity index (χ4v) is 3.81. The Hall–Kier alpha value is -0.620. The molecule has 1 atom stereocenters.